The highest BCUT2D eigenvalue weighted by Gasteiger charge is 2.20. The number of rotatable bonds is 4. The van der Waals surface area contributed by atoms with Crippen molar-refractivity contribution in [3.8, 4) is 22.7 Å². The summed E-state index contributed by atoms with van der Waals surface area (Å²) < 4.78 is 20.9. The van der Waals surface area contributed by atoms with E-state index in [0.717, 1.165) is 36.2 Å². The lowest BCUT2D eigenvalue weighted by atomic mass is 9.89. The zero-order chi connectivity index (χ0) is 22.2. The summed E-state index contributed by atoms with van der Waals surface area (Å²) in [5.74, 6) is 0.199. The normalized spacial score (nSPS) is 15.3. The van der Waals surface area contributed by atoms with Crippen molar-refractivity contribution in [3.05, 3.63) is 70.3 Å². The molecular weight excluding hydrogens is 409 g/mol. The molecule has 0 atom stereocenters. The first-order valence-electron chi connectivity index (χ1n) is 10.7. The van der Waals surface area contributed by atoms with Crippen LogP contribution in [0.1, 0.15) is 24.3 Å². The average Bonchev–Trinajstić information content (AvgIpc) is 3.21. The first-order chi connectivity index (χ1) is 15.5. The minimum atomic E-state index is -0.592. The van der Waals surface area contributed by atoms with Crippen molar-refractivity contribution in [2.75, 3.05) is 27.2 Å². The molecule has 0 saturated carbocycles. The van der Waals surface area contributed by atoms with Gasteiger partial charge in [-0.3, -0.25) is 9.89 Å². The highest BCUT2D eigenvalue weighted by molar-refractivity contribution is 5.89. The third kappa shape index (κ3) is 3.56. The summed E-state index contributed by atoms with van der Waals surface area (Å²) in [4.78, 5) is 15.0. The highest BCUT2D eigenvalue weighted by atomic mass is 19.1. The zero-order valence-electron chi connectivity index (χ0n) is 18.0. The molecule has 8 heteroatoms. The summed E-state index contributed by atoms with van der Waals surface area (Å²) in [5.41, 5.74) is 3.30. The quantitative estimate of drug-likeness (QED) is 0.531. The number of piperidine rings is 1. The van der Waals surface area contributed by atoms with Gasteiger partial charge in [-0.25, -0.2) is 4.39 Å². The molecule has 0 aliphatic carbocycles. The summed E-state index contributed by atoms with van der Waals surface area (Å²) >= 11 is 0. The summed E-state index contributed by atoms with van der Waals surface area (Å²) in [5, 5.41) is 11.7. The number of para-hydroxylation sites is 1. The standard InChI is InChI=1S/C24H24FN5O2/c1-29-12-10-16(11-13-29)15-6-8-17(9-7-15)22-23-19(26-27-22)14-21(31)30(28-23)24-18(25)4-3-5-20(24)32-2/h3-9,14,16,26H,10-13H2,1-2H3. The molecule has 2 aromatic heterocycles. The Morgan fingerprint density at radius 1 is 1.12 bits per heavy atom. The van der Waals surface area contributed by atoms with Crippen molar-refractivity contribution < 1.29 is 9.13 Å². The van der Waals surface area contributed by atoms with Crippen molar-refractivity contribution in [2.45, 2.75) is 18.8 Å². The van der Waals surface area contributed by atoms with E-state index in [1.54, 1.807) is 6.07 Å². The van der Waals surface area contributed by atoms with Crippen molar-refractivity contribution in [2.24, 2.45) is 0 Å². The molecule has 5 rings (SSSR count). The molecule has 32 heavy (non-hydrogen) atoms. The van der Waals surface area contributed by atoms with Crippen molar-refractivity contribution in [3.63, 3.8) is 0 Å². The van der Waals surface area contributed by atoms with Gasteiger partial charge in [-0.05, 0) is 56.6 Å². The molecule has 0 radical (unpaired) electrons. The number of aromatic nitrogens is 4. The lowest BCUT2D eigenvalue weighted by Gasteiger charge is -2.29. The van der Waals surface area contributed by atoms with E-state index >= 15 is 0 Å². The molecule has 0 unspecified atom stereocenters. The Hall–Kier alpha value is -3.52. The van der Waals surface area contributed by atoms with Gasteiger partial charge in [0.1, 0.15) is 22.6 Å². The molecule has 1 saturated heterocycles. The fraction of sp³-hybridized carbons (Fsp3) is 0.292. The molecule has 0 spiro atoms. The molecule has 164 valence electrons. The molecule has 4 aromatic rings. The average molecular weight is 433 g/mol. The van der Waals surface area contributed by atoms with Gasteiger partial charge in [0.25, 0.3) is 5.56 Å². The molecule has 0 bridgehead atoms. The molecule has 1 fully saturated rings. The van der Waals surface area contributed by atoms with Crippen LogP contribution in [0.5, 0.6) is 5.75 Å². The van der Waals surface area contributed by atoms with Gasteiger partial charge in [0.2, 0.25) is 0 Å². The van der Waals surface area contributed by atoms with Gasteiger partial charge in [0.05, 0.1) is 12.6 Å². The predicted octanol–water partition coefficient (Wildman–Crippen LogP) is 3.73. The summed E-state index contributed by atoms with van der Waals surface area (Å²) in [6, 6.07) is 14.1. The minimum absolute atomic E-state index is 0.0216. The number of likely N-dealkylation sites (tertiary alicyclic amines) is 1. The number of H-pyrrole nitrogens is 1. The Bertz CT molecular complexity index is 1320. The molecule has 2 aromatic carbocycles. The Morgan fingerprint density at radius 2 is 1.88 bits per heavy atom. The second-order valence-electron chi connectivity index (χ2n) is 8.22. The number of benzene rings is 2. The Labute approximate surface area is 184 Å². The number of halogens is 1. The maximum atomic E-state index is 14.6. The van der Waals surface area contributed by atoms with Crippen LogP contribution in [0.15, 0.2) is 53.3 Å². The van der Waals surface area contributed by atoms with E-state index in [9.17, 15) is 9.18 Å². The first kappa shape index (κ1) is 20.4. The van der Waals surface area contributed by atoms with E-state index < -0.39 is 11.4 Å². The SMILES string of the molecule is COc1cccc(F)c1-n1nc2c(-c3ccc(C4CCN(C)CC4)cc3)n[nH]c2cc1=O. The van der Waals surface area contributed by atoms with Crippen molar-refractivity contribution in [1.82, 2.24) is 24.9 Å². The van der Waals surface area contributed by atoms with Crippen LogP contribution in [0.25, 0.3) is 28.0 Å². The van der Waals surface area contributed by atoms with Crippen LogP contribution in [-0.4, -0.2) is 52.1 Å². The van der Waals surface area contributed by atoms with Crippen molar-refractivity contribution in [1.29, 1.82) is 0 Å². The second kappa shape index (κ2) is 8.20. The third-order valence-corrected chi connectivity index (χ3v) is 6.20. The molecular formula is C24H24FN5O2. The minimum Gasteiger partial charge on any atom is -0.494 e. The van der Waals surface area contributed by atoms with E-state index in [0.29, 0.717) is 22.6 Å². The van der Waals surface area contributed by atoms with Gasteiger partial charge >= 0.3 is 0 Å². The van der Waals surface area contributed by atoms with Crippen LogP contribution in [0.4, 0.5) is 4.39 Å². The van der Waals surface area contributed by atoms with Crippen LogP contribution in [0.3, 0.4) is 0 Å². The monoisotopic (exact) mass is 433 g/mol. The number of hydrogen-bond donors (Lipinski definition) is 1. The van der Waals surface area contributed by atoms with Gasteiger partial charge in [0.15, 0.2) is 5.82 Å². The predicted molar refractivity (Wildman–Crippen MR) is 121 cm³/mol. The van der Waals surface area contributed by atoms with E-state index in [1.165, 1.54) is 30.9 Å². The number of aromatic amines is 1. The number of ether oxygens (including phenoxy) is 1. The Kier molecular flexibility index (Phi) is 5.22. The van der Waals surface area contributed by atoms with Gasteiger partial charge in [-0.15, -0.1) is 0 Å². The molecule has 1 aliphatic heterocycles. The highest BCUT2D eigenvalue weighted by Crippen LogP contribution is 2.31. The van der Waals surface area contributed by atoms with Crippen LogP contribution in [-0.2, 0) is 0 Å². The van der Waals surface area contributed by atoms with Gasteiger partial charge in [0, 0.05) is 11.6 Å². The number of nitrogens with zero attached hydrogens (tertiary/aromatic N) is 4. The van der Waals surface area contributed by atoms with E-state index in [-0.39, 0.29) is 11.4 Å². The van der Waals surface area contributed by atoms with Gasteiger partial charge in [-0.1, -0.05) is 30.3 Å². The number of nitrogens with one attached hydrogen (secondary N) is 1. The lowest BCUT2D eigenvalue weighted by molar-refractivity contribution is 0.255. The fourth-order valence-corrected chi connectivity index (χ4v) is 4.37. The molecule has 0 amide bonds. The first-order valence-corrected chi connectivity index (χ1v) is 10.7. The summed E-state index contributed by atoms with van der Waals surface area (Å²) in [6.07, 6.45) is 2.30. The van der Waals surface area contributed by atoms with Crippen LogP contribution in [0.2, 0.25) is 0 Å². The number of fused-ring (bicyclic) bond motifs is 1. The van der Waals surface area contributed by atoms with E-state index in [1.807, 2.05) is 12.1 Å². The fourth-order valence-electron chi connectivity index (χ4n) is 4.37. The van der Waals surface area contributed by atoms with Crippen LogP contribution >= 0.6 is 0 Å². The third-order valence-electron chi connectivity index (χ3n) is 6.20. The topological polar surface area (TPSA) is 76.0 Å². The molecule has 3 heterocycles. The van der Waals surface area contributed by atoms with Gasteiger partial charge in [-0.2, -0.15) is 14.9 Å². The largest absolute Gasteiger partial charge is 0.494 e. The molecule has 7 nitrogen and oxygen atoms in total. The van der Waals surface area contributed by atoms with Gasteiger partial charge < -0.3 is 9.64 Å². The smallest absolute Gasteiger partial charge is 0.273 e. The van der Waals surface area contributed by atoms with E-state index in [4.69, 9.17) is 4.74 Å². The summed E-state index contributed by atoms with van der Waals surface area (Å²) in [6.45, 7) is 2.22. The second-order valence-corrected chi connectivity index (χ2v) is 8.22. The molecule has 1 aliphatic rings. The Balaban J connectivity index is 1.55. The molecule has 1 N–H and O–H groups in total. The van der Waals surface area contributed by atoms with Crippen LogP contribution in [0, 0.1) is 5.82 Å². The number of methoxy groups -OCH3 is 1. The maximum absolute atomic E-state index is 14.6. The maximum Gasteiger partial charge on any atom is 0.273 e. The van der Waals surface area contributed by atoms with E-state index in [2.05, 4.69) is 39.4 Å². The van der Waals surface area contributed by atoms with Crippen molar-refractivity contribution >= 4 is 11.0 Å². The Morgan fingerprint density at radius 3 is 2.59 bits per heavy atom. The number of hydrogen-bond acceptors (Lipinski definition) is 5. The zero-order valence-corrected chi connectivity index (χ0v) is 18.0. The van der Waals surface area contributed by atoms with Crippen LogP contribution < -0.4 is 10.3 Å². The lowest BCUT2D eigenvalue weighted by Crippen LogP contribution is -2.29. The summed E-state index contributed by atoms with van der Waals surface area (Å²) in [7, 11) is 3.59.